The number of hydrogen-bond donors (Lipinski definition) is 2. The van der Waals surface area contributed by atoms with Crippen LogP contribution in [0.1, 0.15) is 22.0 Å². The Morgan fingerprint density at radius 1 is 1.45 bits per heavy atom. The normalized spacial score (nSPS) is 12.0. The van der Waals surface area contributed by atoms with Gasteiger partial charge in [0.15, 0.2) is 12.4 Å². The van der Waals surface area contributed by atoms with Gasteiger partial charge in [-0.2, -0.15) is 8.78 Å². The monoisotopic (exact) mass is 291 g/mol. The lowest BCUT2D eigenvalue weighted by atomic mass is 10.0. The first-order valence-electron chi connectivity index (χ1n) is 4.91. The van der Waals surface area contributed by atoms with Crippen LogP contribution in [0.2, 0.25) is 0 Å². The molecular formula is C10H7F2NO7. The Kier molecular flexibility index (Phi) is 4.64. The van der Waals surface area contributed by atoms with E-state index in [1.807, 2.05) is 0 Å². The standard InChI is InChI=1S/C10H7F2NO7/c11-10(12)20-7-2-5(8(15)9(16)17)6(13(18)19)1-4(7)3-14/h1-3,8,10,15H,(H,16,17). The summed E-state index contributed by atoms with van der Waals surface area (Å²) in [7, 11) is 0. The first-order valence-corrected chi connectivity index (χ1v) is 4.91. The van der Waals surface area contributed by atoms with Gasteiger partial charge in [-0.25, -0.2) is 4.79 Å². The minimum atomic E-state index is -3.33. The number of halogens is 2. The Morgan fingerprint density at radius 3 is 2.45 bits per heavy atom. The maximum absolute atomic E-state index is 12.1. The molecule has 20 heavy (non-hydrogen) atoms. The van der Waals surface area contributed by atoms with Gasteiger partial charge in [0, 0.05) is 6.07 Å². The summed E-state index contributed by atoms with van der Waals surface area (Å²) in [6, 6.07) is 1.07. The topological polar surface area (TPSA) is 127 Å². The van der Waals surface area contributed by atoms with Gasteiger partial charge in [-0.1, -0.05) is 0 Å². The minimum absolute atomic E-state index is 0.0294. The van der Waals surface area contributed by atoms with Crippen LogP contribution in [-0.4, -0.2) is 34.0 Å². The van der Waals surface area contributed by atoms with E-state index in [1.165, 1.54) is 0 Å². The van der Waals surface area contributed by atoms with Crippen molar-refractivity contribution in [3.8, 4) is 5.75 Å². The Morgan fingerprint density at radius 2 is 2.05 bits per heavy atom. The van der Waals surface area contributed by atoms with Gasteiger partial charge >= 0.3 is 12.6 Å². The van der Waals surface area contributed by atoms with Crippen LogP contribution in [0.3, 0.4) is 0 Å². The summed E-state index contributed by atoms with van der Waals surface area (Å²) < 4.78 is 28.2. The van der Waals surface area contributed by atoms with E-state index in [1.54, 1.807) is 0 Å². The van der Waals surface area contributed by atoms with Gasteiger partial charge in [-0.05, 0) is 6.07 Å². The molecule has 0 aliphatic heterocycles. The van der Waals surface area contributed by atoms with Crippen molar-refractivity contribution in [2.24, 2.45) is 0 Å². The van der Waals surface area contributed by atoms with Crippen LogP contribution in [0.4, 0.5) is 14.5 Å². The molecule has 0 aliphatic carbocycles. The lowest BCUT2D eigenvalue weighted by molar-refractivity contribution is -0.386. The third-order valence-corrected chi connectivity index (χ3v) is 2.23. The number of carbonyl (C=O) groups is 2. The maximum atomic E-state index is 12.1. The number of aliphatic carboxylic acids is 1. The molecule has 8 nitrogen and oxygen atoms in total. The highest BCUT2D eigenvalue weighted by molar-refractivity contribution is 5.83. The van der Waals surface area contributed by atoms with Crippen LogP contribution in [0.15, 0.2) is 12.1 Å². The van der Waals surface area contributed by atoms with Gasteiger partial charge in [-0.3, -0.25) is 14.9 Å². The number of aldehydes is 1. The van der Waals surface area contributed by atoms with E-state index >= 15 is 0 Å². The maximum Gasteiger partial charge on any atom is 0.387 e. The Hall–Kier alpha value is -2.62. The number of aliphatic hydroxyl groups excluding tert-OH is 1. The van der Waals surface area contributed by atoms with E-state index in [9.17, 15) is 33.6 Å². The predicted octanol–water partition coefficient (Wildman–Crippen LogP) is 1.13. The minimum Gasteiger partial charge on any atom is -0.479 e. The summed E-state index contributed by atoms with van der Waals surface area (Å²) in [6.45, 7) is -3.33. The molecule has 1 rings (SSSR count). The summed E-state index contributed by atoms with van der Waals surface area (Å²) in [5, 5.41) is 28.7. The zero-order valence-corrected chi connectivity index (χ0v) is 9.53. The molecule has 1 aromatic carbocycles. The number of carboxylic acid groups (broad SMARTS) is 1. The molecule has 0 aromatic heterocycles. The molecule has 10 heteroatoms. The number of carbonyl (C=O) groups excluding carboxylic acids is 1. The highest BCUT2D eigenvalue weighted by atomic mass is 19.3. The predicted molar refractivity (Wildman–Crippen MR) is 57.7 cm³/mol. The van der Waals surface area contributed by atoms with Gasteiger partial charge < -0.3 is 14.9 Å². The average Bonchev–Trinajstić information content (AvgIpc) is 2.36. The van der Waals surface area contributed by atoms with E-state index in [-0.39, 0.29) is 6.29 Å². The number of nitro groups is 1. The van der Waals surface area contributed by atoms with Crippen molar-refractivity contribution in [2.75, 3.05) is 0 Å². The highest BCUT2D eigenvalue weighted by Crippen LogP contribution is 2.33. The summed E-state index contributed by atoms with van der Waals surface area (Å²) in [4.78, 5) is 31.0. The Balaban J connectivity index is 3.49. The molecule has 0 aliphatic rings. The van der Waals surface area contributed by atoms with E-state index in [4.69, 9.17) is 5.11 Å². The molecule has 0 spiro atoms. The second-order valence-corrected chi connectivity index (χ2v) is 3.44. The molecule has 1 aromatic rings. The largest absolute Gasteiger partial charge is 0.479 e. The van der Waals surface area contributed by atoms with Gasteiger partial charge in [0.1, 0.15) is 5.75 Å². The number of alkyl halides is 2. The number of nitro benzene ring substituents is 1. The zero-order chi connectivity index (χ0) is 15.4. The van der Waals surface area contributed by atoms with Crippen molar-refractivity contribution in [2.45, 2.75) is 12.7 Å². The van der Waals surface area contributed by atoms with E-state index in [0.29, 0.717) is 12.1 Å². The fraction of sp³-hybridized carbons (Fsp3) is 0.200. The van der Waals surface area contributed by atoms with Crippen LogP contribution in [-0.2, 0) is 4.79 Å². The average molecular weight is 291 g/mol. The van der Waals surface area contributed by atoms with Gasteiger partial charge in [0.25, 0.3) is 5.69 Å². The van der Waals surface area contributed by atoms with E-state index in [2.05, 4.69) is 4.74 Å². The molecular weight excluding hydrogens is 284 g/mol. The quantitative estimate of drug-likeness (QED) is 0.456. The molecule has 0 heterocycles. The Bertz CT molecular complexity index is 561. The summed E-state index contributed by atoms with van der Waals surface area (Å²) in [6.07, 6.45) is -2.29. The zero-order valence-electron chi connectivity index (χ0n) is 9.53. The van der Waals surface area contributed by atoms with Crippen molar-refractivity contribution in [1.29, 1.82) is 0 Å². The van der Waals surface area contributed by atoms with Crippen molar-refractivity contribution in [3.63, 3.8) is 0 Å². The number of rotatable bonds is 6. The molecule has 0 saturated heterocycles. The van der Waals surface area contributed by atoms with E-state index in [0.717, 1.165) is 0 Å². The number of carboxylic acids is 1. The number of nitrogens with zero attached hydrogens (tertiary/aromatic N) is 1. The van der Waals surface area contributed by atoms with Crippen molar-refractivity contribution in [3.05, 3.63) is 33.4 Å². The number of aliphatic hydroxyl groups is 1. The third-order valence-electron chi connectivity index (χ3n) is 2.23. The fourth-order valence-electron chi connectivity index (χ4n) is 1.40. The fourth-order valence-corrected chi connectivity index (χ4v) is 1.40. The molecule has 0 radical (unpaired) electrons. The van der Waals surface area contributed by atoms with Gasteiger partial charge in [0.2, 0.25) is 0 Å². The summed E-state index contributed by atoms with van der Waals surface area (Å²) in [5.74, 6) is -2.59. The smallest absolute Gasteiger partial charge is 0.387 e. The number of ether oxygens (including phenoxy) is 1. The third kappa shape index (κ3) is 3.23. The second-order valence-electron chi connectivity index (χ2n) is 3.44. The lowest BCUT2D eigenvalue weighted by Crippen LogP contribution is -2.14. The molecule has 0 bridgehead atoms. The van der Waals surface area contributed by atoms with Crippen molar-refractivity contribution >= 4 is 17.9 Å². The number of hydrogen-bond acceptors (Lipinski definition) is 6. The Labute approximate surface area is 109 Å². The first-order chi connectivity index (χ1) is 9.27. The summed E-state index contributed by atoms with van der Waals surface area (Å²) in [5.41, 5.74) is -2.24. The molecule has 108 valence electrons. The van der Waals surface area contributed by atoms with Crippen molar-refractivity contribution in [1.82, 2.24) is 0 Å². The molecule has 0 amide bonds. The van der Waals surface area contributed by atoms with E-state index < -0.39 is 46.2 Å². The van der Waals surface area contributed by atoms with Crippen LogP contribution in [0, 0.1) is 10.1 Å². The molecule has 2 N–H and O–H groups in total. The first kappa shape index (κ1) is 15.4. The molecule has 1 atom stereocenters. The highest BCUT2D eigenvalue weighted by Gasteiger charge is 2.28. The van der Waals surface area contributed by atoms with Gasteiger partial charge in [0.05, 0.1) is 16.1 Å². The molecule has 0 saturated carbocycles. The summed E-state index contributed by atoms with van der Waals surface area (Å²) >= 11 is 0. The van der Waals surface area contributed by atoms with Crippen LogP contribution in [0.5, 0.6) is 5.75 Å². The van der Waals surface area contributed by atoms with Crippen molar-refractivity contribution < 1.29 is 38.2 Å². The number of benzene rings is 1. The van der Waals surface area contributed by atoms with Crippen LogP contribution >= 0.6 is 0 Å². The van der Waals surface area contributed by atoms with Crippen LogP contribution < -0.4 is 4.74 Å². The second kappa shape index (κ2) is 6.02. The SMILES string of the molecule is O=Cc1cc([N+](=O)[O-])c(C(O)C(=O)O)cc1OC(F)F. The van der Waals surface area contributed by atoms with Gasteiger partial charge in [-0.15, -0.1) is 0 Å². The molecule has 1 unspecified atom stereocenters. The molecule has 0 fully saturated rings. The lowest BCUT2D eigenvalue weighted by Gasteiger charge is -2.12. The van der Waals surface area contributed by atoms with Crippen LogP contribution in [0.25, 0.3) is 0 Å².